The van der Waals surface area contributed by atoms with Gasteiger partial charge < -0.3 is 10.4 Å². The summed E-state index contributed by atoms with van der Waals surface area (Å²) in [5.74, 6) is -0.863. The van der Waals surface area contributed by atoms with Gasteiger partial charge in [0.05, 0.1) is 5.56 Å². The monoisotopic (exact) mass is 275 g/mol. The van der Waals surface area contributed by atoms with E-state index in [1.54, 1.807) is 11.4 Å². The molecule has 100 valence electrons. The number of hydrogen-bond donors (Lipinski definition) is 2. The predicted molar refractivity (Wildman–Crippen MR) is 77.6 cm³/mol. The van der Waals surface area contributed by atoms with Crippen molar-refractivity contribution < 1.29 is 9.90 Å². The van der Waals surface area contributed by atoms with E-state index in [9.17, 15) is 4.79 Å². The van der Waals surface area contributed by atoms with Gasteiger partial charge in [0.1, 0.15) is 0 Å². The Morgan fingerprint density at radius 3 is 2.68 bits per heavy atom. The van der Waals surface area contributed by atoms with Gasteiger partial charge in [-0.2, -0.15) is 0 Å². The average molecular weight is 275 g/mol. The number of rotatable bonds is 6. The van der Waals surface area contributed by atoms with Crippen LogP contribution >= 0.6 is 11.3 Å². The van der Waals surface area contributed by atoms with Crippen LogP contribution < -0.4 is 5.32 Å². The minimum Gasteiger partial charge on any atom is -0.478 e. The zero-order valence-corrected chi connectivity index (χ0v) is 11.6. The van der Waals surface area contributed by atoms with Gasteiger partial charge in [-0.05, 0) is 18.1 Å². The van der Waals surface area contributed by atoms with Crippen molar-refractivity contribution in [2.75, 3.05) is 0 Å². The Hall–Kier alpha value is -1.65. The minimum absolute atomic E-state index is 0.302. The summed E-state index contributed by atoms with van der Waals surface area (Å²) in [6, 6.07) is 12.3. The Labute approximate surface area is 116 Å². The molecule has 1 aromatic carbocycles. The molecule has 1 unspecified atom stereocenters. The first kappa shape index (κ1) is 13.8. The highest BCUT2D eigenvalue weighted by molar-refractivity contribution is 7.10. The fourth-order valence-electron chi connectivity index (χ4n) is 1.99. The second kappa shape index (κ2) is 6.50. The Morgan fingerprint density at radius 1 is 1.37 bits per heavy atom. The second-order valence-electron chi connectivity index (χ2n) is 4.36. The quantitative estimate of drug-likeness (QED) is 0.845. The minimum atomic E-state index is -0.863. The van der Waals surface area contributed by atoms with Crippen LogP contribution in [0.4, 0.5) is 0 Å². The summed E-state index contributed by atoms with van der Waals surface area (Å²) >= 11 is 1.48. The largest absolute Gasteiger partial charge is 0.478 e. The standard InChI is InChI=1S/C15H17NO2S/c1-2-14(11-6-4-3-5-7-11)16-9-13-8-12(10-19-13)15(17)18/h3-8,10,14,16H,2,9H2,1H3,(H,17,18). The van der Waals surface area contributed by atoms with Crippen LogP contribution in [0.5, 0.6) is 0 Å². The van der Waals surface area contributed by atoms with E-state index >= 15 is 0 Å². The highest BCUT2D eigenvalue weighted by Crippen LogP contribution is 2.19. The first-order chi connectivity index (χ1) is 9.20. The molecule has 2 aromatic rings. The molecule has 0 amide bonds. The number of thiophene rings is 1. The van der Waals surface area contributed by atoms with Crippen LogP contribution in [0.25, 0.3) is 0 Å². The molecule has 1 aromatic heterocycles. The van der Waals surface area contributed by atoms with Gasteiger partial charge in [0.2, 0.25) is 0 Å². The van der Waals surface area contributed by atoms with Gasteiger partial charge in [0.25, 0.3) is 0 Å². The zero-order valence-electron chi connectivity index (χ0n) is 10.8. The van der Waals surface area contributed by atoms with Gasteiger partial charge in [-0.1, -0.05) is 37.3 Å². The third-order valence-corrected chi connectivity index (χ3v) is 3.97. The Kier molecular flexibility index (Phi) is 4.71. The topological polar surface area (TPSA) is 49.3 Å². The summed E-state index contributed by atoms with van der Waals surface area (Å²) in [4.78, 5) is 11.9. The predicted octanol–water partition coefficient (Wildman–Crippen LogP) is 3.69. The third-order valence-electron chi connectivity index (χ3n) is 3.03. The molecular formula is C15H17NO2S. The Bertz CT molecular complexity index is 536. The summed E-state index contributed by atoms with van der Waals surface area (Å²) in [6.07, 6.45) is 1.00. The summed E-state index contributed by atoms with van der Waals surface area (Å²) < 4.78 is 0. The molecule has 0 fully saturated rings. The summed E-state index contributed by atoms with van der Waals surface area (Å²) in [7, 11) is 0. The highest BCUT2D eigenvalue weighted by Gasteiger charge is 2.10. The SMILES string of the molecule is CCC(NCc1cc(C(=O)O)cs1)c1ccccc1. The molecule has 2 rings (SSSR count). The molecule has 0 saturated carbocycles. The maximum absolute atomic E-state index is 10.8. The first-order valence-electron chi connectivity index (χ1n) is 6.29. The van der Waals surface area contributed by atoms with Gasteiger partial charge in [0, 0.05) is 22.8 Å². The lowest BCUT2D eigenvalue weighted by molar-refractivity contribution is 0.0697. The molecule has 0 aliphatic carbocycles. The number of carbonyl (C=O) groups is 1. The van der Waals surface area contributed by atoms with Crippen molar-refractivity contribution in [2.24, 2.45) is 0 Å². The van der Waals surface area contributed by atoms with Gasteiger partial charge in [0.15, 0.2) is 0 Å². The van der Waals surface area contributed by atoms with Crippen molar-refractivity contribution in [3.8, 4) is 0 Å². The van der Waals surface area contributed by atoms with Crippen LogP contribution in [0, 0.1) is 0 Å². The molecule has 0 aliphatic heterocycles. The lowest BCUT2D eigenvalue weighted by Crippen LogP contribution is -2.19. The second-order valence-corrected chi connectivity index (χ2v) is 5.36. The third kappa shape index (κ3) is 3.66. The number of carboxylic acids is 1. The lowest BCUT2D eigenvalue weighted by Gasteiger charge is -2.16. The van der Waals surface area contributed by atoms with E-state index in [-0.39, 0.29) is 0 Å². The summed E-state index contributed by atoms with van der Waals surface area (Å²) in [5.41, 5.74) is 1.63. The fraction of sp³-hybridized carbons (Fsp3) is 0.267. The maximum Gasteiger partial charge on any atom is 0.336 e. The Morgan fingerprint density at radius 2 is 2.11 bits per heavy atom. The van der Waals surface area contributed by atoms with Gasteiger partial charge in [-0.15, -0.1) is 11.3 Å². The van der Waals surface area contributed by atoms with E-state index < -0.39 is 5.97 Å². The van der Waals surface area contributed by atoms with Crippen LogP contribution in [-0.2, 0) is 6.54 Å². The van der Waals surface area contributed by atoms with Crippen molar-refractivity contribution in [1.29, 1.82) is 0 Å². The van der Waals surface area contributed by atoms with Crippen LogP contribution in [0.15, 0.2) is 41.8 Å². The molecule has 0 radical (unpaired) electrons. The molecule has 2 N–H and O–H groups in total. The lowest BCUT2D eigenvalue weighted by atomic mass is 10.0. The van der Waals surface area contributed by atoms with Crippen LogP contribution in [0.1, 0.15) is 40.2 Å². The number of hydrogen-bond acceptors (Lipinski definition) is 3. The van der Waals surface area contributed by atoms with Crippen LogP contribution in [0.3, 0.4) is 0 Å². The van der Waals surface area contributed by atoms with E-state index in [2.05, 4.69) is 24.4 Å². The van der Waals surface area contributed by atoms with E-state index in [4.69, 9.17) is 5.11 Å². The summed E-state index contributed by atoms with van der Waals surface area (Å²) in [5, 5.41) is 14.0. The molecule has 4 heteroatoms. The van der Waals surface area contributed by atoms with E-state index in [1.165, 1.54) is 16.9 Å². The smallest absolute Gasteiger partial charge is 0.336 e. The van der Waals surface area contributed by atoms with Crippen molar-refractivity contribution >= 4 is 17.3 Å². The highest BCUT2D eigenvalue weighted by atomic mass is 32.1. The maximum atomic E-state index is 10.8. The van der Waals surface area contributed by atoms with Gasteiger partial charge in [-0.3, -0.25) is 0 Å². The van der Waals surface area contributed by atoms with Crippen molar-refractivity contribution in [1.82, 2.24) is 5.32 Å². The molecule has 0 spiro atoms. The number of carboxylic acid groups (broad SMARTS) is 1. The normalized spacial score (nSPS) is 12.3. The number of nitrogens with one attached hydrogen (secondary N) is 1. The number of aromatic carboxylic acids is 1. The van der Waals surface area contributed by atoms with Crippen molar-refractivity contribution in [2.45, 2.75) is 25.9 Å². The fourth-order valence-corrected chi connectivity index (χ4v) is 2.80. The van der Waals surface area contributed by atoms with Gasteiger partial charge >= 0.3 is 5.97 Å². The molecule has 0 aliphatic rings. The van der Waals surface area contributed by atoms with Gasteiger partial charge in [-0.25, -0.2) is 4.79 Å². The number of benzene rings is 1. The Balaban J connectivity index is 1.98. The molecule has 3 nitrogen and oxygen atoms in total. The molecule has 19 heavy (non-hydrogen) atoms. The molecule has 0 bridgehead atoms. The van der Waals surface area contributed by atoms with Crippen LogP contribution in [0.2, 0.25) is 0 Å². The van der Waals surface area contributed by atoms with E-state index in [0.717, 1.165) is 11.3 Å². The molecule has 1 atom stereocenters. The van der Waals surface area contributed by atoms with E-state index in [0.29, 0.717) is 18.2 Å². The van der Waals surface area contributed by atoms with E-state index in [1.807, 2.05) is 18.2 Å². The summed E-state index contributed by atoms with van der Waals surface area (Å²) in [6.45, 7) is 2.84. The van der Waals surface area contributed by atoms with Crippen molar-refractivity contribution in [3.63, 3.8) is 0 Å². The van der Waals surface area contributed by atoms with Crippen LogP contribution in [-0.4, -0.2) is 11.1 Å². The molecular weight excluding hydrogens is 258 g/mol. The zero-order chi connectivity index (χ0) is 13.7. The first-order valence-corrected chi connectivity index (χ1v) is 7.17. The molecule has 0 saturated heterocycles. The average Bonchev–Trinajstić information content (AvgIpc) is 2.90. The van der Waals surface area contributed by atoms with Crippen molar-refractivity contribution in [3.05, 3.63) is 57.8 Å². The molecule has 1 heterocycles.